The molecule has 2 heterocycles. The molecule has 0 spiro atoms. The lowest BCUT2D eigenvalue weighted by atomic mass is 10.1. The minimum Gasteiger partial charge on any atom is -0.381 e. The van der Waals surface area contributed by atoms with Crippen molar-refractivity contribution in [3.63, 3.8) is 0 Å². The summed E-state index contributed by atoms with van der Waals surface area (Å²) in [6.45, 7) is 1.54. The van der Waals surface area contributed by atoms with Crippen LogP contribution in [0.3, 0.4) is 0 Å². The zero-order valence-electron chi connectivity index (χ0n) is 9.33. The molecule has 0 amide bonds. The van der Waals surface area contributed by atoms with Gasteiger partial charge in [0.1, 0.15) is 5.52 Å². The zero-order chi connectivity index (χ0) is 11.7. The van der Waals surface area contributed by atoms with E-state index in [9.17, 15) is 0 Å². The molecule has 1 aromatic heterocycles. The summed E-state index contributed by atoms with van der Waals surface area (Å²) in [5, 5.41) is 17.2. The van der Waals surface area contributed by atoms with Crippen LogP contribution < -0.4 is 0 Å². The molecule has 3 rings (SSSR count). The third-order valence-corrected chi connectivity index (χ3v) is 3.14. The average molecular weight is 228 g/mol. The molecule has 0 saturated carbocycles. The molecule has 0 radical (unpaired) electrons. The number of nitrogens with zero attached hydrogens (tertiary/aromatic N) is 4. The minimum absolute atomic E-state index is 0.336. The van der Waals surface area contributed by atoms with Crippen LogP contribution in [0.4, 0.5) is 0 Å². The second-order valence-electron chi connectivity index (χ2n) is 4.19. The number of rotatable bonds is 1. The fourth-order valence-electron chi connectivity index (χ4n) is 2.21. The Morgan fingerprint density at radius 1 is 1.35 bits per heavy atom. The summed E-state index contributed by atoms with van der Waals surface area (Å²) in [6, 6.07) is 7.95. The molecule has 5 nitrogen and oxygen atoms in total. The van der Waals surface area contributed by atoms with Gasteiger partial charge in [0.2, 0.25) is 0 Å². The normalized spacial score (nSPS) is 17.1. The van der Waals surface area contributed by atoms with Crippen LogP contribution in [-0.2, 0) is 4.74 Å². The lowest BCUT2D eigenvalue weighted by Crippen LogP contribution is -2.20. The number of hydrogen-bond donors (Lipinski definition) is 0. The number of fused-ring (bicyclic) bond motifs is 1. The molecule has 1 fully saturated rings. The maximum Gasteiger partial charge on any atom is 0.113 e. The Kier molecular flexibility index (Phi) is 2.50. The fraction of sp³-hybridized carbons (Fsp3) is 0.417. The van der Waals surface area contributed by atoms with Gasteiger partial charge in [0.15, 0.2) is 0 Å². The standard InChI is InChI=1S/C12H12N4O/c13-8-9-1-2-11-12(7-9)16(15-14-11)10-3-5-17-6-4-10/h1-2,7,10H,3-6H2. The Hall–Kier alpha value is -1.93. The fourth-order valence-corrected chi connectivity index (χ4v) is 2.21. The topological polar surface area (TPSA) is 63.7 Å². The first kappa shape index (κ1) is 10.2. The van der Waals surface area contributed by atoms with Crippen molar-refractivity contribution in [2.45, 2.75) is 18.9 Å². The lowest BCUT2D eigenvalue weighted by molar-refractivity contribution is 0.0669. The van der Waals surface area contributed by atoms with Gasteiger partial charge in [-0.15, -0.1) is 5.10 Å². The van der Waals surface area contributed by atoms with Gasteiger partial charge in [0, 0.05) is 13.2 Å². The first-order valence-electron chi connectivity index (χ1n) is 5.71. The van der Waals surface area contributed by atoms with Crippen molar-refractivity contribution < 1.29 is 4.74 Å². The second kappa shape index (κ2) is 4.15. The van der Waals surface area contributed by atoms with E-state index in [-0.39, 0.29) is 0 Å². The van der Waals surface area contributed by atoms with Crippen molar-refractivity contribution in [1.29, 1.82) is 5.26 Å². The van der Waals surface area contributed by atoms with Gasteiger partial charge in [-0.05, 0) is 31.0 Å². The Bertz CT molecular complexity index is 578. The summed E-state index contributed by atoms with van der Waals surface area (Å²) in [6.07, 6.45) is 1.91. The van der Waals surface area contributed by atoms with E-state index in [1.165, 1.54) is 0 Å². The average Bonchev–Trinajstić information content (AvgIpc) is 2.82. The molecule has 17 heavy (non-hydrogen) atoms. The number of ether oxygens (including phenoxy) is 1. The van der Waals surface area contributed by atoms with E-state index in [1.807, 2.05) is 16.8 Å². The van der Waals surface area contributed by atoms with Crippen LogP contribution >= 0.6 is 0 Å². The summed E-state index contributed by atoms with van der Waals surface area (Å²) in [5.74, 6) is 0. The van der Waals surface area contributed by atoms with Gasteiger partial charge >= 0.3 is 0 Å². The summed E-state index contributed by atoms with van der Waals surface area (Å²) in [5.41, 5.74) is 2.43. The molecule has 2 aromatic rings. The monoisotopic (exact) mass is 228 g/mol. The van der Waals surface area contributed by atoms with Gasteiger partial charge in [-0.1, -0.05) is 5.21 Å². The van der Waals surface area contributed by atoms with Gasteiger partial charge in [0.05, 0.1) is 23.2 Å². The predicted octanol–water partition coefficient (Wildman–Crippen LogP) is 1.65. The molecule has 0 bridgehead atoms. The van der Waals surface area contributed by atoms with Gasteiger partial charge in [-0.2, -0.15) is 5.26 Å². The first-order chi connectivity index (χ1) is 8.38. The largest absolute Gasteiger partial charge is 0.381 e. The Morgan fingerprint density at radius 3 is 2.94 bits per heavy atom. The Morgan fingerprint density at radius 2 is 2.18 bits per heavy atom. The molecular formula is C12H12N4O. The van der Waals surface area contributed by atoms with Crippen LogP contribution in [-0.4, -0.2) is 28.2 Å². The second-order valence-corrected chi connectivity index (χ2v) is 4.19. The first-order valence-corrected chi connectivity index (χ1v) is 5.71. The highest BCUT2D eigenvalue weighted by Crippen LogP contribution is 2.24. The maximum atomic E-state index is 8.92. The number of benzene rings is 1. The quantitative estimate of drug-likeness (QED) is 0.744. The Labute approximate surface area is 98.6 Å². The van der Waals surface area contributed by atoms with Crippen LogP contribution in [0.25, 0.3) is 11.0 Å². The summed E-state index contributed by atoms with van der Waals surface area (Å²) >= 11 is 0. The van der Waals surface area contributed by atoms with Crippen molar-refractivity contribution in [2.75, 3.05) is 13.2 Å². The van der Waals surface area contributed by atoms with Crippen LogP contribution in [0.2, 0.25) is 0 Å². The number of hydrogen-bond acceptors (Lipinski definition) is 4. The van der Waals surface area contributed by atoms with E-state index in [4.69, 9.17) is 10.00 Å². The van der Waals surface area contributed by atoms with E-state index < -0.39 is 0 Å². The highest BCUT2D eigenvalue weighted by molar-refractivity contribution is 5.76. The molecule has 1 saturated heterocycles. The molecule has 1 aromatic carbocycles. The van der Waals surface area contributed by atoms with E-state index in [2.05, 4.69) is 16.4 Å². The van der Waals surface area contributed by atoms with Crippen LogP contribution in [0.1, 0.15) is 24.4 Å². The molecular weight excluding hydrogens is 216 g/mol. The van der Waals surface area contributed by atoms with Crippen molar-refractivity contribution in [3.8, 4) is 6.07 Å². The summed E-state index contributed by atoms with van der Waals surface area (Å²) in [7, 11) is 0. The van der Waals surface area contributed by atoms with Crippen LogP contribution in [0, 0.1) is 11.3 Å². The van der Waals surface area contributed by atoms with Crippen molar-refractivity contribution in [2.24, 2.45) is 0 Å². The molecule has 1 aliphatic rings. The van der Waals surface area contributed by atoms with E-state index in [1.54, 1.807) is 6.07 Å². The van der Waals surface area contributed by atoms with Gasteiger partial charge in [-0.25, -0.2) is 4.68 Å². The highest BCUT2D eigenvalue weighted by Gasteiger charge is 2.19. The van der Waals surface area contributed by atoms with Gasteiger partial charge in [-0.3, -0.25) is 0 Å². The Balaban J connectivity index is 2.06. The molecule has 0 aliphatic carbocycles. The molecule has 86 valence electrons. The lowest BCUT2D eigenvalue weighted by Gasteiger charge is -2.22. The predicted molar refractivity (Wildman–Crippen MR) is 61.3 cm³/mol. The molecule has 1 aliphatic heterocycles. The molecule has 0 N–H and O–H groups in total. The van der Waals surface area contributed by atoms with Gasteiger partial charge in [0.25, 0.3) is 0 Å². The third-order valence-electron chi connectivity index (χ3n) is 3.14. The minimum atomic E-state index is 0.336. The smallest absolute Gasteiger partial charge is 0.113 e. The number of aromatic nitrogens is 3. The SMILES string of the molecule is N#Cc1ccc2nnn(C3CCOCC3)c2c1. The number of nitriles is 1. The van der Waals surface area contributed by atoms with E-state index >= 15 is 0 Å². The molecule has 0 unspecified atom stereocenters. The highest BCUT2D eigenvalue weighted by atomic mass is 16.5. The van der Waals surface area contributed by atoms with E-state index in [0.717, 1.165) is 37.1 Å². The third kappa shape index (κ3) is 1.77. The van der Waals surface area contributed by atoms with Crippen molar-refractivity contribution in [3.05, 3.63) is 23.8 Å². The maximum absolute atomic E-state index is 8.92. The molecule has 5 heteroatoms. The van der Waals surface area contributed by atoms with Crippen LogP contribution in [0.15, 0.2) is 18.2 Å². The zero-order valence-corrected chi connectivity index (χ0v) is 9.33. The van der Waals surface area contributed by atoms with Crippen LogP contribution in [0.5, 0.6) is 0 Å². The van der Waals surface area contributed by atoms with Crippen molar-refractivity contribution >= 4 is 11.0 Å². The van der Waals surface area contributed by atoms with Gasteiger partial charge < -0.3 is 4.74 Å². The summed E-state index contributed by atoms with van der Waals surface area (Å²) < 4.78 is 7.27. The van der Waals surface area contributed by atoms with E-state index in [0.29, 0.717) is 11.6 Å². The molecule has 0 atom stereocenters. The van der Waals surface area contributed by atoms with Crippen molar-refractivity contribution in [1.82, 2.24) is 15.0 Å². The summed E-state index contributed by atoms with van der Waals surface area (Å²) in [4.78, 5) is 0.